The first-order chi connectivity index (χ1) is 11.0. The number of nitrogens with zero attached hydrogens (tertiary/aromatic N) is 2. The normalized spacial score (nSPS) is 11.1. The highest BCUT2D eigenvalue weighted by Crippen LogP contribution is 2.30. The summed E-state index contributed by atoms with van der Waals surface area (Å²) in [7, 11) is 0. The van der Waals surface area contributed by atoms with Crippen molar-refractivity contribution in [3.63, 3.8) is 0 Å². The molecule has 2 aromatic carbocycles. The molecule has 3 aromatic rings. The molecule has 0 unspecified atom stereocenters. The number of hydrogen-bond acceptors (Lipinski definition) is 3. The van der Waals surface area contributed by atoms with Gasteiger partial charge in [0.2, 0.25) is 0 Å². The van der Waals surface area contributed by atoms with Crippen LogP contribution in [0.15, 0.2) is 41.2 Å². The van der Waals surface area contributed by atoms with E-state index < -0.39 is 5.82 Å². The van der Waals surface area contributed by atoms with Crippen molar-refractivity contribution in [1.29, 1.82) is 5.26 Å². The number of aromatic nitrogens is 1. The van der Waals surface area contributed by atoms with Gasteiger partial charge in [-0.3, -0.25) is 9.36 Å². The van der Waals surface area contributed by atoms with Crippen molar-refractivity contribution < 1.29 is 4.39 Å². The molecule has 3 rings (SSSR count). The Morgan fingerprint density at radius 1 is 1.30 bits per heavy atom. The standard InChI is InChI=1S/C18H15FN2OS/c1-11(2)10-21-15-7-6-12(8-16(15)23-18(21)22)17-13(9-20)4-3-5-14(17)19/h3-8,11H,10H2,1-2H3. The maximum absolute atomic E-state index is 14.2. The molecule has 5 heteroatoms. The van der Waals surface area contributed by atoms with Gasteiger partial charge in [-0.05, 0) is 35.7 Å². The molecule has 0 spiro atoms. The summed E-state index contributed by atoms with van der Waals surface area (Å²) in [5, 5.41) is 9.20. The van der Waals surface area contributed by atoms with E-state index in [2.05, 4.69) is 13.8 Å². The lowest BCUT2D eigenvalue weighted by Gasteiger charge is -2.08. The van der Waals surface area contributed by atoms with Gasteiger partial charge in [0.05, 0.1) is 21.8 Å². The zero-order chi connectivity index (χ0) is 16.6. The zero-order valence-corrected chi connectivity index (χ0v) is 13.7. The monoisotopic (exact) mass is 326 g/mol. The maximum atomic E-state index is 14.2. The molecule has 0 aliphatic rings. The summed E-state index contributed by atoms with van der Waals surface area (Å²) in [6, 6.07) is 11.9. The van der Waals surface area contributed by atoms with Gasteiger partial charge in [0.1, 0.15) is 5.82 Å². The number of thiazole rings is 1. The summed E-state index contributed by atoms with van der Waals surface area (Å²) in [6.45, 7) is 4.77. The van der Waals surface area contributed by atoms with E-state index in [9.17, 15) is 14.4 Å². The van der Waals surface area contributed by atoms with Gasteiger partial charge in [0.25, 0.3) is 0 Å². The summed E-state index contributed by atoms with van der Waals surface area (Å²) in [5.74, 6) is -0.0701. The summed E-state index contributed by atoms with van der Waals surface area (Å²) in [4.78, 5) is 12.2. The fourth-order valence-corrected chi connectivity index (χ4v) is 3.61. The molecule has 0 aliphatic heterocycles. The molecule has 0 saturated carbocycles. The van der Waals surface area contributed by atoms with E-state index in [0.717, 1.165) is 21.6 Å². The Morgan fingerprint density at radius 2 is 2.09 bits per heavy atom. The summed E-state index contributed by atoms with van der Waals surface area (Å²) in [5.41, 5.74) is 2.05. The lowest BCUT2D eigenvalue weighted by atomic mass is 9.99. The Labute approximate surface area is 137 Å². The molecule has 0 aliphatic carbocycles. The third-order valence-corrected chi connectivity index (χ3v) is 4.58. The number of benzene rings is 2. The van der Waals surface area contributed by atoms with Gasteiger partial charge in [-0.15, -0.1) is 0 Å². The molecule has 0 radical (unpaired) electrons. The minimum Gasteiger partial charge on any atom is -0.298 e. The highest BCUT2D eigenvalue weighted by atomic mass is 32.1. The number of hydrogen-bond donors (Lipinski definition) is 0. The van der Waals surface area contributed by atoms with E-state index in [1.807, 2.05) is 12.1 Å². The van der Waals surface area contributed by atoms with Crippen molar-refractivity contribution >= 4 is 21.6 Å². The van der Waals surface area contributed by atoms with E-state index in [0.29, 0.717) is 23.6 Å². The molecule has 1 heterocycles. The van der Waals surface area contributed by atoms with Crippen LogP contribution in [0.25, 0.3) is 21.3 Å². The van der Waals surface area contributed by atoms with Crippen molar-refractivity contribution in [2.75, 3.05) is 0 Å². The third-order valence-electron chi connectivity index (χ3n) is 3.64. The fraction of sp³-hybridized carbons (Fsp3) is 0.222. The van der Waals surface area contributed by atoms with Gasteiger partial charge in [-0.1, -0.05) is 37.3 Å². The Bertz CT molecular complexity index is 979. The van der Waals surface area contributed by atoms with Gasteiger partial charge in [-0.2, -0.15) is 5.26 Å². The number of halogens is 1. The van der Waals surface area contributed by atoms with Crippen molar-refractivity contribution in [2.45, 2.75) is 20.4 Å². The molecule has 0 amide bonds. The van der Waals surface area contributed by atoms with Crippen molar-refractivity contribution in [2.24, 2.45) is 5.92 Å². The summed E-state index contributed by atoms with van der Waals surface area (Å²) in [6.07, 6.45) is 0. The third kappa shape index (κ3) is 2.78. The molecule has 0 saturated heterocycles. The van der Waals surface area contributed by atoms with E-state index in [-0.39, 0.29) is 10.4 Å². The molecule has 0 fully saturated rings. The molecule has 23 heavy (non-hydrogen) atoms. The Balaban J connectivity index is 2.20. The minimum atomic E-state index is -0.433. The van der Waals surface area contributed by atoms with Gasteiger partial charge in [-0.25, -0.2) is 4.39 Å². The molecular formula is C18H15FN2OS. The average molecular weight is 326 g/mol. The average Bonchev–Trinajstić information content (AvgIpc) is 2.81. The van der Waals surface area contributed by atoms with Crippen LogP contribution in [0.2, 0.25) is 0 Å². The van der Waals surface area contributed by atoms with Crippen molar-refractivity contribution in [1.82, 2.24) is 4.57 Å². The SMILES string of the molecule is CC(C)Cn1c(=O)sc2cc(-c3c(F)cccc3C#N)ccc21. The largest absolute Gasteiger partial charge is 0.308 e. The molecule has 0 bridgehead atoms. The first-order valence-electron chi connectivity index (χ1n) is 7.33. The van der Waals surface area contributed by atoms with E-state index in [1.54, 1.807) is 22.8 Å². The highest BCUT2D eigenvalue weighted by Gasteiger charge is 2.14. The first kappa shape index (κ1) is 15.4. The van der Waals surface area contributed by atoms with E-state index in [4.69, 9.17) is 0 Å². The molecule has 1 aromatic heterocycles. The first-order valence-corrected chi connectivity index (χ1v) is 8.15. The molecule has 0 N–H and O–H groups in total. The summed E-state index contributed by atoms with van der Waals surface area (Å²) >= 11 is 1.15. The lowest BCUT2D eigenvalue weighted by Crippen LogP contribution is -2.15. The molecular weight excluding hydrogens is 311 g/mol. The number of rotatable bonds is 3. The van der Waals surface area contributed by atoms with Crippen molar-refractivity contribution in [3.05, 3.63) is 57.4 Å². The smallest absolute Gasteiger partial charge is 0.298 e. The minimum absolute atomic E-state index is 0.0140. The predicted molar refractivity (Wildman–Crippen MR) is 91.0 cm³/mol. The van der Waals surface area contributed by atoms with Crippen LogP contribution >= 0.6 is 11.3 Å². The predicted octanol–water partition coefficient (Wildman–Crippen LogP) is 4.40. The van der Waals surface area contributed by atoms with Gasteiger partial charge in [0.15, 0.2) is 0 Å². The lowest BCUT2D eigenvalue weighted by molar-refractivity contribution is 0.529. The van der Waals surface area contributed by atoms with Crippen LogP contribution in [0.1, 0.15) is 19.4 Å². The van der Waals surface area contributed by atoms with Crippen LogP contribution in [0, 0.1) is 23.1 Å². The summed E-state index contributed by atoms with van der Waals surface area (Å²) < 4.78 is 16.7. The molecule has 0 atom stereocenters. The second kappa shape index (κ2) is 5.98. The molecule has 116 valence electrons. The maximum Gasteiger partial charge on any atom is 0.308 e. The van der Waals surface area contributed by atoms with E-state index in [1.165, 1.54) is 12.1 Å². The van der Waals surface area contributed by atoms with Gasteiger partial charge >= 0.3 is 4.87 Å². The second-order valence-corrected chi connectivity index (χ2v) is 6.82. The highest BCUT2D eigenvalue weighted by molar-refractivity contribution is 7.16. The number of fused-ring (bicyclic) bond motifs is 1. The van der Waals surface area contributed by atoms with E-state index >= 15 is 0 Å². The Hall–Kier alpha value is -2.45. The van der Waals surface area contributed by atoms with Crippen LogP contribution in [-0.2, 0) is 6.54 Å². The molecule has 3 nitrogen and oxygen atoms in total. The topological polar surface area (TPSA) is 45.8 Å². The van der Waals surface area contributed by atoms with Crippen LogP contribution in [0.3, 0.4) is 0 Å². The fourth-order valence-electron chi connectivity index (χ4n) is 2.67. The second-order valence-electron chi connectivity index (χ2n) is 5.83. The van der Waals surface area contributed by atoms with Gasteiger partial charge < -0.3 is 0 Å². The zero-order valence-electron chi connectivity index (χ0n) is 12.8. The van der Waals surface area contributed by atoms with Crippen LogP contribution in [0.4, 0.5) is 4.39 Å². The van der Waals surface area contributed by atoms with Crippen LogP contribution in [-0.4, -0.2) is 4.57 Å². The van der Waals surface area contributed by atoms with Gasteiger partial charge in [0, 0.05) is 12.1 Å². The Kier molecular flexibility index (Phi) is 4.01. The van der Waals surface area contributed by atoms with Crippen LogP contribution in [0.5, 0.6) is 0 Å². The Morgan fingerprint density at radius 3 is 2.78 bits per heavy atom. The van der Waals surface area contributed by atoms with Crippen molar-refractivity contribution in [3.8, 4) is 17.2 Å². The van der Waals surface area contributed by atoms with Crippen LogP contribution < -0.4 is 4.87 Å². The quantitative estimate of drug-likeness (QED) is 0.716. The number of nitriles is 1.